The SMILES string of the molecule is Cc1ccc(C)n1-c1cccc(OC(C)C(=O)Nc2ccccc2Cl)c1. The lowest BCUT2D eigenvalue weighted by molar-refractivity contribution is -0.122. The Balaban J connectivity index is 1.73. The van der Waals surface area contributed by atoms with Gasteiger partial charge in [0.2, 0.25) is 0 Å². The van der Waals surface area contributed by atoms with Crippen molar-refractivity contribution < 1.29 is 9.53 Å². The Morgan fingerprint density at radius 3 is 2.42 bits per heavy atom. The van der Waals surface area contributed by atoms with Gasteiger partial charge in [-0.05, 0) is 57.2 Å². The second kappa shape index (κ2) is 7.67. The van der Waals surface area contributed by atoms with E-state index in [1.165, 1.54) is 0 Å². The number of hydrogen-bond donors (Lipinski definition) is 1. The van der Waals surface area contributed by atoms with E-state index in [-0.39, 0.29) is 5.91 Å². The standard InChI is InChI=1S/C21H21ClN2O2/c1-14-11-12-15(2)24(14)17-7-6-8-18(13-17)26-16(3)21(25)23-20-10-5-4-9-19(20)22/h4-13,16H,1-3H3,(H,23,25). The normalized spacial score (nSPS) is 11.8. The average Bonchev–Trinajstić information content (AvgIpc) is 2.95. The molecule has 0 aliphatic heterocycles. The molecule has 3 aromatic rings. The Kier molecular flexibility index (Phi) is 5.33. The lowest BCUT2D eigenvalue weighted by Crippen LogP contribution is -2.30. The molecule has 5 heteroatoms. The number of nitrogens with one attached hydrogen (secondary N) is 1. The van der Waals surface area contributed by atoms with E-state index in [1.807, 2.05) is 36.4 Å². The van der Waals surface area contributed by atoms with E-state index in [9.17, 15) is 4.79 Å². The lowest BCUT2D eigenvalue weighted by atomic mass is 10.2. The quantitative estimate of drug-likeness (QED) is 0.676. The fourth-order valence-electron chi connectivity index (χ4n) is 2.83. The summed E-state index contributed by atoms with van der Waals surface area (Å²) in [5.41, 5.74) is 3.86. The van der Waals surface area contributed by atoms with Gasteiger partial charge in [0.25, 0.3) is 5.91 Å². The molecule has 0 saturated heterocycles. The first-order valence-corrected chi connectivity index (χ1v) is 8.81. The molecule has 26 heavy (non-hydrogen) atoms. The van der Waals surface area contributed by atoms with Crippen molar-refractivity contribution in [3.05, 3.63) is 77.1 Å². The number of hydrogen-bond acceptors (Lipinski definition) is 2. The van der Waals surface area contributed by atoms with E-state index in [0.29, 0.717) is 16.5 Å². The Labute approximate surface area is 158 Å². The summed E-state index contributed by atoms with van der Waals surface area (Å²) in [6, 6.07) is 19.0. The predicted molar refractivity (Wildman–Crippen MR) is 105 cm³/mol. The zero-order chi connectivity index (χ0) is 18.7. The summed E-state index contributed by atoms with van der Waals surface area (Å²) in [4.78, 5) is 12.4. The second-order valence-corrected chi connectivity index (χ2v) is 6.59. The summed E-state index contributed by atoms with van der Waals surface area (Å²) in [5, 5.41) is 3.28. The summed E-state index contributed by atoms with van der Waals surface area (Å²) in [6.07, 6.45) is -0.659. The van der Waals surface area contributed by atoms with Crippen LogP contribution >= 0.6 is 11.6 Å². The van der Waals surface area contributed by atoms with Gasteiger partial charge in [-0.15, -0.1) is 0 Å². The number of nitrogens with zero attached hydrogens (tertiary/aromatic N) is 1. The van der Waals surface area contributed by atoms with Gasteiger partial charge in [0.1, 0.15) is 5.75 Å². The summed E-state index contributed by atoms with van der Waals surface area (Å²) in [6.45, 7) is 5.82. The van der Waals surface area contributed by atoms with Crippen LogP contribution in [0.25, 0.3) is 5.69 Å². The van der Waals surface area contributed by atoms with Crippen molar-refractivity contribution in [2.24, 2.45) is 0 Å². The Morgan fingerprint density at radius 1 is 1.04 bits per heavy atom. The van der Waals surface area contributed by atoms with Crippen LogP contribution in [-0.4, -0.2) is 16.6 Å². The van der Waals surface area contributed by atoms with Gasteiger partial charge in [-0.3, -0.25) is 4.79 Å². The molecule has 0 aliphatic carbocycles. The van der Waals surface area contributed by atoms with E-state index < -0.39 is 6.10 Å². The van der Waals surface area contributed by atoms with Gasteiger partial charge in [-0.2, -0.15) is 0 Å². The van der Waals surface area contributed by atoms with Crippen molar-refractivity contribution >= 4 is 23.2 Å². The van der Waals surface area contributed by atoms with Gasteiger partial charge >= 0.3 is 0 Å². The molecule has 0 aliphatic rings. The minimum absolute atomic E-state index is 0.253. The fourth-order valence-corrected chi connectivity index (χ4v) is 3.01. The third-order valence-corrected chi connectivity index (χ3v) is 4.49. The molecule has 134 valence electrons. The number of aryl methyl sites for hydroxylation is 2. The van der Waals surface area contributed by atoms with Gasteiger partial charge < -0.3 is 14.6 Å². The topological polar surface area (TPSA) is 43.3 Å². The largest absolute Gasteiger partial charge is 0.481 e. The number of carbonyl (C=O) groups is 1. The molecular weight excluding hydrogens is 348 g/mol. The molecule has 1 unspecified atom stereocenters. The molecule has 1 N–H and O–H groups in total. The number of halogens is 1. The smallest absolute Gasteiger partial charge is 0.265 e. The molecule has 2 aromatic carbocycles. The van der Waals surface area contributed by atoms with Crippen molar-refractivity contribution in [3.8, 4) is 11.4 Å². The van der Waals surface area contributed by atoms with Crippen LogP contribution in [-0.2, 0) is 4.79 Å². The monoisotopic (exact) mass is 368 g/mol. The van der Waals surface area contributed by atoms with Crippen LogP contribution in [0.5, 0.6) is 5.75 Å². The molecule has 1 heterocycles. The van der Waals surface area contributed by atoms with Crippen molar-refractivity contribution in [1.29, 1.82) is 0 Å². The zero-order valence-electron chi connectivity index (χ0n) is 15.0. The maximum atomic E-state index is 12.4. The van der Waals surface area contributed by atoms with Crippen LogP contribution in [0.2, 0.25) is 5.02 Å². The Hall–Kier alpha value is -2.72. The van der Waals surface area contributed by atoms with Crippen LogP contribution in [0.4, 0.5) is 5.69 Å². The molecule has 0 saturated carbocycles. The lowest BCUT2D eigenvalue weighted by Gasteiger charge is -2.17. The third-order valence-electron chi connectivity index (χ3n) is 4.16. The van der Waals surface area contributed by atoms with Crippen LogP contribution in [0.3, 0.4) is 0 Å². The van der Waals surface area contributed by atoms with Gasteiger partial charge in [0.05, 0.1) is 10.7 Å². The highest BCUT2D eigenvalue weighted by atomic mass is 35.5. The molecule has 1 aromatic heterocycles. The molecule has 0 spiro atoms. The summed E-state index contributed by atoms with van der Waals surface area (Å²) < 4.78 is 7.98. The molecule has 1 atom stereocenters. The van der Waals surface area contributed by atoms with Crippen molar-refractivity contribution in [2.75, 3.05) is 5.32 Å². The van der Waals surface area contributed by atoms with Crippen LogP contribution in [0.15, 0.2) is 60.7 Å². The van der Waals surface area contributed by atoms with Gasteiger partial charge in [-0.25, -0.2) is 0 Å². The molecule has 3 rings (SSSR count). The summed E-state index contributed by atoms with van der Waals surface area (Å²) in [7, 11) is 0. The number of benzene rings is 2. The minimum Gasteiger partial charge on any atom is -0.481 e. The first kappa shape index (κ1) is 18.1. The Morgan fingerprint density at radius 2 is 1.73 bits per heavy atom. The minimum atomic E-state index is -0.659. The van der Waals surface area contributed by atoms with Crippen LogP contribution in [0, 0.1) is 13.8 Å². The first-order valence-electron chi connectivity index (χ1n) is 8.43. The molecule has 0 bridgehead atoms. The van der Waals surface area contributed by atoms with E-state index >= 15 is 0 Å². The van der Waals surface area contributed by atoms with E-state index in [1.54, 1.807) is 19.1 Å². The highest BCUT2D eigenvalue weighted by Gasteiger charge is 2.16. The third kappa shape index (κ3) is 3.92. The number of anilines is 1. The molecular formula is C21H21ClN2O2. The van der Waals surface area contributed by atoms with Crippen molar-refractivity contribution in [2.45, 2.75) is 26.9 Å². The number of para-hydroxylation sites is 1. The molecule has 4 nitrogen and oxygen atoms in total. The highest BCUT2D eigenvalue weighted by molar-refractivity contribution is 6.33. The number of amides is 1. The average molecular weight is 369 g/mol. The Bertz CT molecular complexity index is 914. The van der Waals surface area contributed by atoms with Gasteiger partial charge in [0, 0.05) is 23.1 Å². The molecule has 0 fully saturated rings. The maximum absolute atomic E-state index is 12.4. The van der Waals surface area contributed by atoms with E-state index in [4.69, 9.17) is 16.3 Å². The number of ether oxygens (including phenoxy) is 1. The summed E-state index contributed by atoms with van der Waals surface area (Å²) in [5.74, 6) is 0.383. The highest BCUT2D eigenvalue weighted by Crippen LogP contribution is 2.23. The van der Waals surface area contributed by atoms with Gasteiger partial charge in [0.15, 0.2) is 6.10 Å². The zero-order valence-corrected chi connectivity index (χ0v) is 15.7. The second-order valence-electron chi connectivity index (χ2n) is 6.18. The predicted octanol–water partition coefficient (Wildman–Crippen LogP) is 5.15. The van der Waals surface area contributed by atoms with E-state index in [2.05, 4.69) is 35.9 Å². The number of aromatic nitrogens is 1. The first-order chi connectivity index (χ1) is 12.5. The number of carbonyl (C=O) groups excluding carboxylic acids is 1. The van der Waals surface area contributed by atoms with E-state index in [0.717, 1.165) is 17.1 Å². The van der Waals surface area contributed by atoms with Crippen LogP contribution < -0.4 is 10.1 Å². The molecule has 1 amide bonds. The summed E-state index contributed by atoms with van der Waals surface area (Å²) >= 11 is 6.08. The van der Waals surface area contributed by atoms with Crippen molar-refractivity contribution in [3.63, 3.8) is 0 Å². The van der Waals surface area contributed by atoms with Gasteiger partial charge in [-0.1, -0.05) is 29.8 Å². The molecule has 0 radical (unpaired) electrons. The van der Waals surface area contributed by atoms with Crippen LogP contribution in [0.1, 0.15) is 18.3 Å². The fraction of sp³-hybridized carbons (Fsp3) is 0.190. The maximum Gasteiger partial charge on any atom is 0.265 e. The van der Waals surface area contributed by atoms with Crippen molar-refractivity contribution in [1.82, 2.24) is 4.57 Å². The number of rotatable bonds is 5.